The fourth-order valence-corrected chi connectivity index (χ4v) is 4.66. The molecule has 0 saturated heterocycles. The van der Waals surface area contributed by atoms with Crippen molar-refractivity contribution in [3.05, 3.63) is 121 Å². The fourth-order valence-electron chi connectivity index (χ4n) is 4.66. The number of nitrogens with zero attached hydrogens (tertiary/aromatic N) is 4. The van der Waals surface area contributed by atoms with Crippen molar-refractivity contribution in [1.82, 2.24) is 9.36 Å². The Balaban J connectivity index is 1.38. The van der Waals surface area contributed by atoms with Gasteiger partial charge in [-0.3, -0.25) is 34.0 Å². The minimum absolute atomic E-state index is 0.000130. The first-order chi connectivity index (χ1) is 19.5. The molecule has 0 spiro atoms. The molecule has 41 heavy (non-hydrogen) atoms. The third-order valence-electron chi connectivity index (χ3n) is 6.93. The maximum Gasteiger partial charge on any atom is 0.338 e. The molecular formula is C29H22N4O8. The highest BCUT2D eigenvalue weighted by Gasteiger charge is 2.41. The number of ketones is 1. The molecule has 5 rings (SSSR count). The van der Waals surface area contributed by atoms with Crippen LogP contribution in [-0.4, -0.2) is 44.5 Å². The van der Waals surface area contributed by atoms with Crippen molar-refractivity contribution in [1.29, 1.82) is 0 Å². The second-order valence-electron chi connectivity index (χ2n) is 9.37. The van der Waals surface area contributed by atoms with Crippen LogP contribution in [0.1, 0.15) is 52.7 Å². The molecule has 1 aliphatic heterocycles. The summed E-state index contributed by atoms with van der Waals surface area (Å²) >= 11 is 0. The number of nitro groups is 1. The monoisotopic (exact) mass is 554 g/mol. The number of imide groups is 1. The summed E-state index contributed by atoms with van der Waals surface area (Å²) < 4.78 is 7.97. The Morgan fingerprint density at radius 2 is 1.54 bits per heavy atom. The first-order valence-corrected chi connectivity index (χ1v) is 12.3. The zero-order valence-electron chi connectivity index (χ0n) is 22.1. The summed E-state index contributed by atoms with van der Waals surface area (Å²) in [4.78, 5) is 76.6. The normalized spacial score (nSPS) is 12.4. The average molecular weight is 555 g/mol. The molecule has 0 saturated carbocycles. The molecule has 0 unspecified atom stereocenters. The number of hydrogen-bond acceptors (Lipinski definition) is 8. The summed E-state index contributed by atoms with van der Waals surface area (Å²) in [5.74, 6) is -3.10. The Hall–Kier alpha value is -5.65. The van der Waals surface area contributed by atoms with Gasteiger partial charge in [0.15, 0.2) is 6.61 Å². The van der Waals surface area contributed by atoms with Crippen molar-refractivity contribution in [3.63, 3.8) is 0 Å². The van der Waals surface area contributed by atoms with Gasteiger partial charge in [0.1, 0.15) is 5.69 Å². The summed E-state index contributed by atoms with van der Waals surface area (Å²) in [7, 11) is 1.63. The van der Waals surface area contributed by atoms with Gasteiger partial charge in [0, 0.05) is 24.2 Å². The molecule has 0 atom stereocenters. The molecule has 0 N–H and O–H groups in total. The molecule has 0 fully saturated rings. The van der Waals surface area contributed by atoms with Crippen LogP contribution in [0.15, 0.2) is 71.5 Å². The third kappa shape index (κ3) is 4.50. The van der Waals surface area contributed by atoms with Gasteiger partial charge in [-0.1, -0.05) is 30.3 Å². The van der Waals surface area contributed by atoms with Gasteiger partial charge in [0.25, 0.3) is 23.1 Å². The predicted molar refractivity (Wildman–Crippen MR) is 146 cm³/mol. The zero-order chi connectivity index (χ0) is 29.6. The number of rotatable bonds is 7. The summed E-state index contributed by atoms with van der Waals surface area (Å²) in [6.07, 6.45) is 0. The second-order valence-corrected chi connectivity index (χ2v) is 9.37. The number of ether oxygens (including phenoxy) is 1. The van der Waals surface area contributed by atoms with Gasteiger partial charge in [-0.15, -0.1) is 0 Å². The molecular weight excluding hydrogens is 532 g/mol. The number of amides is 2. The van der Waals surface area contributed by atoms with E-state index in [-0.39, 0.29) is 33.6 Å². The van der Waals surface area contributed by atoms with Crippen LogP contribution in [0.5, 0.6) is 0 Å². The van der Waals surface area contributed by atoms with E-state index in [0.29, 0.717) is 16.9 Å². The molecule has 4 aromatic rings. The fraction of sp³-hybridized carbons (Fsp3) is 0.138. The van der Waals surface area contributed by atoms with Crippen LogP contribution < -0.4 is 10.5 Å². The quantitative estimate of drug-likeness (QED) is 0.111. The van der Waals surface area contributed by atoms with E-state index in [2.05, 4.69) is 0 Å². The van der Waals surface area contributed by atoms with Gasteiger partial charge in [-0.05, 0) is 44.2 Å². The highest BCUT2D eigenvalue weighted by molar-refractivity contribution is 6.34. The first kappa shape index (κ1) is 26.9. The Morgan fingerprint density at radius 1 is 0.878 bits per heavy atom. The van der Waals surface area contributed by atoms with Crippen LogP contribution in [0, 0.1) is 24.0 Å². The number of carbonyl (C=O) groups excluding carboxylic acids is 4. The van der Waals surface area contributed by atoms with E-state index in [1.807, 2.05) is 0 Å². The largest absolute Gasteiger partial charge is 0.454 e. The number of aryl methyl sites for hydroxylation is 1. The Kier molecular flexibility index (Phi) is 6.67. The molecule has 2 amide bonds. The highest BCUT2D eigenvalue weighted by atomic mass is 16.6. The van der Waals surface area contributed by atoms with Gasteiger partial charge in [-0.25, -0.2) is 14.4 Å². The molecule has 206 valence electrons. The van der Waals surface area contributed by atoms with Crippen LogP contribution in [0.25, 0.3) is 5.69 Å². The number of fused-ring (bicyclic) bond motifs is 1. The topological polar surface area (TPSA) is 151 Å². The predicted octanol–water partition coefficient (Wildman–Crippen LogP) is 3.54. The minimum Gasteiger partial charge on any atom is -0.454 e. The third-order valence-corrected chi connectivity index (χ3v) is 6.93. The van der Waals surface area contributed by atoms with Crippen LogP contribution in [0.4, 0.5) is 11.4 Å². The van der Waals surface area contributed by atoms with Crippen molar-refractivity contribution in [3.8, 4) is 5.69 Å². The van der Waals surface area contributed by atoms with E-state index in [4.69, 9.17) is 4.74 Å². The Bertz CT molecular complexity index is 1850. The number of carbonyl (C=O) groups is 4. The molecule has 12 heteroatoms. The molecule has 0 aliphatic carbocycles. The van der Waals surface area contributed by atoms with Crippen LogP contribution in [0.3, 0.4) is 0 Å². The summed E-state index contributed by atoms with van der Waals surface area (Å²) in [5, 5.41) is 11.2. The lowest BCUT2D eigenvalue weighted by molar-refractivity contribution is -0.385. The molecule has 1 aromatic heterocycles. The summed E-state index contributed by atoms with van der Waals surface area (Å²) in [6, 6.07) is 16.4. The lowest BCUT2D eigenvalue weighted by atomic mass is 10.1. The summed E-state index contributed by atoms with van der Waals surface area (Å²) in [6.45, 7) is 2.45. The van der Waals surface area contributed by atoms with Gasteiger partial charge >= 0.3 is 5.97 Å². The van der Waals surface area contributed by atoms with E-state index in [9.17, 15) is 34.1 Å². The van der Waals surface area contributed by atoms with Gasteiger partial charge in [0.2, 0.25) is 5.78 Å². The number of hydrogen-bond donors (Lipinski definition) is 0. The SMILES string of the molecule is Cc1ccc(C(=O)COC(=O)c2ccc3c(c2)C(=O)N(c2c(C)n(C)n(-c4ccccc4)c2=O)C3=O)cc1[N+](=O)[O-]. The number of anilines is 1. The number of Topliss-reactive ketones (excluding diaryl/α,β-unsaturated/α-hetero) is 1. The lowest BCUT2D eigenvalue weighted by Crippen LogP contribution is -2.34. The van der Waals surface area contributed by atoms with Crippen molar-refractivity contribution in [2.45, 2.75) is 13.8 Å². The van der Waals surface area contributed by atoms with Crippen molar-refractivity contribution in [2.24, 2.45) is 7.05 Å². The minimum atomic E-state index is -0.941. The highest BCUT2D eigenvalue weighted by Crippen LogP contribution is 2.30. The molecule has 1 aliphatic rings. The van der Waals surface area contributed by atoms with Crippen molar-refractivity contribution < 1.29 is 28.8 Å². The summed E-state index contributed by atoms with van der Waals surface area (Å²) in [5.41, 5.74) is 0.193. The van der Waals surface area contributed by atoms with Gasteiger partial charge < -0.3 is 4.74 Å². The van der Waals surface area contributed by atoms with Crippen LogP contribution in [0.2, 0.25) is 0 Å². The van der Waals surface area contributed by atoms with E-state index in [0.717, 1.165) is 11.0 Å². The van der Waals surface area contributed by atoms with Crippen molar-refractivity contribution in [2.75, 3.05) is 11.5 Å². The number of esters is 1. The number of aromatic nitrogens is 2. The van der Waals surface area contributed by atoms with Gasteiger partial charge in [0.05, 0.1) is 33.0 Å². The Morgan fingerprint density at radius 3 is 2.22 bits per heavy atom. The van der Waals surface area contributed by atoms with E-state index < -0.39 is 40.7 Å². The van der Waals surface area contributed by atoms with E-state index in [1.165, 1.54) is 41.9 Å². The first-order valence-electron chi connectivity index (χ1n) is 12.3. The molecule has 3 aromatic carbocycles. The molecule has 0 bridgehead atoms. The lowest BCUT2D eigenvalue weighted by Gasteiger charge is -2.11. The van der Waals surface area contributed by atoms with Gasteiger partial charge in [-0.2, -0.15) is 0 Å². The smallest absolute Gasteiger partial charge is 0.338 e. The second kappa shape index (κ2) is 10.2. The number of para-hydroxylation sites is 1. The maximum atomic E-state index is 13.4. The van der Waals surface area contributed by atoms with Crippen LogP contribution >= 0.6 is 0 Å². The molecule has 0 radical (unpaired) electrons. The van der Waals surface area contributed by atoms with E-state index >= 15 is 0 Å². The van der Waals surface area contributed by atoms with Crippen LogP contribution in [-0.2, 0) is 11.8 Å². The Labute approximate surface area is 232 Å². The zero-order valence-corrected chi connectivity index (χ0v) is 22.1. The number of benzene rings is 3. The maximum absolute atomic E-state index is 13.4. The average Bonchev–Trinajstić information content (AvgIpc) is 3.33. The molecule has 12 nitrogen and oxygen atoms in total. The standard InChI is InChI=1S/C29H22N4O8/c1-16-9-10-18(14-23(16)33(39)40)24(34)15-41-29(38)19-11-12-21-22(13-19)27(36)31(26(21)35)25-17(2)30(3)32(28(25)37)20-7-5-4-6-8-20/h4-14H,15H2,1-3H3. The molecule has 2 heterocycles. The van der Waals surface area contributed by atoms with Crippen molar-refractivity contribution >= 4 is 34.9 Å². The van der Waals surface area contributed by atoms with E-state index in [1.54, 1.807) is 49.0 Å². The number of nitro benzene ring substituents is 1.